The smallest absolute Gasteiger partial charge is 0.434 e. The quantitative estimate of drug-likeness (QED) is 0.331. The highest BCUT2D eigenvalue weighted by Crippen LogP contribution is 2.39. The molecular weight excluding hydrogens is 475 g/mol. The zero-order chi connectivity index (χ0) is 25.8. The second-order valence-corrected chi connectivity index (χ2v) is 9.36. The number of anilines is 1. The molecule has 188 valence electrons. The van der Waals surface area contributed by atoms with Crippen LogP contribution in [0.1, 0.15) is 68.7 Å². The number of hydrogen-bond donors (Lipinski definition) is 2. The van der Waals surface area contributed by atoms with Gasteiger partial charge in [0.15, 0.2) is 5.70 Å². The third-order valence-electron chi connectivity index (χ3n) is 5.97. The molecule has 1 heterocycles. The van der Waals surface area contributed by atoms with Gasteiger partial charge in [0.05, 0.1) is 24.3 Å². The van der Waals surface area contributed by atoms with Crippen LogP contribution in [0.25, 0.3) is 0 Å². The highest BCUT2D eigenvalue weighted by atomic mass is 32.1. The normalized spacial score (nSPS) is 16.9. The Morgan fingerprint density at radius 1 is 1.31 bits per heavy atom. The Morgan fingerprint density at radius 2 is 2.06 bits per heavy atom. The average molecular weight is 506 g/mol. The lowest BCUT2D eigenvalue weighted by Crippen LogP contribution is -2.38. The van der Waals surface area contributed by atoms with Crippen LogP contribution in [0.5, 0.6) is 5.75 Å². The van der Waals surface area contributed by atoms with Crippen molar-refractivity contribution in [3.8, 4) is 5.75 Å². The first-order chi connectivity index (χ1) is 16.5. The van der Waals surface area contributed by atoms with Crippen molar-refractivity contribution in [3.05, 3.63) is 64.0 Å². The van der Waals surface area contributed by atoms with Crippen LogP contribution in [-0.4, -0.2) is 34.9 Å². The van der Waals surface area contributed by atoms with Gasteiger partial charge in [0, 0.05) is 16.8 Å². The van der Waals surface area contributed by atoms with Gasteiger partial charge in [-0.2, -0.15) is 13.2 Å². The van der Waals surface area contributed by atoms with Gasteiger partial charge in [-0.05, 0) is 60.9 Å². The van der Waals surface area contributed by atoms with E-state index in [9.17, 15) is 23.1 Å². The van der Waals surface area contributed by atoms with E-state index in [0.29, 0.717) is 42.5 Å². The number of fused-ring (bicyclic) bond motifs is 1. The summed E-state index contributed by atoms with van der Waals surface area (Å²) in [5.74, 6) is -0.701. The van der Waals surface area contributed by atoms with Crippen LogP contribution in [0, 0.1) is 0 Å². The number of carbonyl (C=O) groups is 1. The molecule has 0 bridgehead atoms. The number of phenolic OH excluding ortho intramolecular Hbond substituents is 1. The number of aromatic hydroxyl groups is 1. The largest absolute Gasteiger partial charge is 0.508 e. The molecule has 1 aliphatic carbocycles. The summed E-state index contributed by atoms with van der Waals surface area (Å²) in [7, 11) is 0. The van der Waals surface area contributed by atoms with Crippen molar-refractivity contribution >= 4 is 30.4 Å². The number of phenols is 1. The first kappa shape index (κ1) is 26.8. The number of amides is 1. The van der Waals surface area contributed by atoms with Gasteiger partial charge in [0.2, 0.25) is 5.91 Å². The van der Waals surface area contributed by atoms with E-state index in [1.165, 1.54) is 17.3 Å². The van der Waals surface area contributed by atoms with Crippen LogP contribution in [0.15, 0.2) is 52.1 Å². The lowest BCUT2D eigenvalue weighted by molar-refractivity contribution is -0.120. The van der Waals surface area contributed by atoms with E-state index < -0.39 is 24.3 Å². The molecule has 0 aliphatic heterocycles. The molecule has 0 spiro atoms. The van der Waals surface area contributed by atoms with Crippen LogP contribution in [0.3, 0.4) is 0 Å². The van der Waals surface area contributed by atoms with Gasteiger partial charge in [-0.3, -0.25) is 14.8 Å². The summed E-state index contributed by atoms with van der Waals surface area (Å²) in [4.78, 5) is 22.8. The molecule has 1 atom stereocenters. The zero-order valence-electron chi connectivity index (χ0n) is 20.0. The minimum Gasteiger partial charge on any atom is -0.508 e. The predicted octanol–water partition coefficient (Wildman–Crippen LogP) is 6.55. The number of allylic oxidation sites excluding steroid dienone is 1. The van der Waals surface area contributed by atoms with Crippen molar-refractivity contribution in [2.75, 3.05) is 11.4 Å². The Morgan fingerprint density at radius 3 is 2.66 bits per heavy atom. The molecule has 0 saturated carbocycles. The molecule has 1 aromatic heterocycles. The molecule has 0 saturated heterocycles. The zero-order valence-corrected chi connectivity index (χ0v) is 20.9. The number of nitrogens with zero attached hydrogens (tertiary/aromatic N) is 3. The topological polar surface area (TPSA) is 65.8 Å². The van der Waals surface area contributed by atoms with Gasteiger partial charge in [0.25, 0.3) is 0 Å². The van der Waals surface area contributed by atoms with E-state index in [0.717, 1.165) is 5.69 Å². The summed E-state index contributed by atoms with van der Waals surface area (Å²) < 4.78 is 41.2. The minimum absolute atomic E-state index is 0.123. The molecular formula is C26H30F3N3O2S. The van der Waals surface area contributed by atoms with Crippen LogP contribution >= 0.6 is 12.6 Å². The molecule has 1 aromatic carbocycles. The SMILES string of the molecule is CCC=N/C(=C(\S)CN(C(=O)C1CCCc2c(O)cccc21)c1ccc(C(C)C)nc1)C(F)(F)F. The predicted molar refractivity (Wildman–Crippen MR) is 135 cm³/mol. The standard InChI is InChI=1S/C26H30F3N3O2S/c1-4-13-30-24(26(27,28)29)23(35)15-32(17-11-12-21(16(2)3)31-14-17)25(34)20-9-5-8-19-18(20)7-6-10-22(19)33/h6-7,10-14,16,20,33,35H,4-5,8-9,15H2,1-3H3/b24-23-,30-13?. The molecule has 3 rings (SSSR count). The molecule has 5 nitrogen and oxygen atoms in total. The summed E-state index contributed by atoms with van der Waals surface area (Å²) in [6.45, 7) is 5.23. The number of hydrogen-bond acceptors (Lipinski definition) is 5. The summed E-state index contributed by atoms with van der Waals surface area (Å²) in [5.41, 5.74) is 1.45. The molecule has 1 unspecified atom stereocenters. The van der Waals surface area contributed by atoms with Crippen molar-refractivity contribution in [1.29, 1.82) is 0 Å². The minimum atomic E-state index is -4.72. The Bertz CT molecular complexity index is 1110. The number of rotatable bonds is 7. The second kappa shape index (κ2) is 11.3. The van der Waals surface area contributed by atoms with Gasteiger partial charge in [-0.15, -0.1) is 12.6 Å². The lowest BCUT2D eigenvalue weighted by Gasteiger charge is -2.31. The summed E-state index contributed by atoms with van der Waals surface area (Å²) in [6.07, 6.45) is 0.116. The third kappa shape index (κ3) is 6.25. The third-order valence-corrected chi connectivity index (χ3v) is 6.33. The number of halogens is 3. The summed E-state index contributed by atoms with van der Waals surface area (Å²) in [5, 5.41) is 10.3. The van der Waals surface area contributed by atoms with E-state index in [1.54, 1.807) is 37.3 Å². The van der Waals surface area contributed by atoms with Crippen LogP contribution in [0.4, 0.5) is 18.9 Å². The van der Waals surface area contributed by atoms with E-state index in [4.69, 9.17) is 0 Å². The lowest BCUT2D eigenvalue weighted by atomic mass is 9.81. The maximum absolute atomic E-state index is 13.9. The van der Waals surface area contributed by atoms with Crippen LogP contribution < -0.4 is 4.90 Å². The Labute approximate surface area is 209 Å². The number of benzene rings is 1. The van der Waals surface area contributed by atoms with Crippen molar-refractivity contribution in [2.45, 2.75) is 64.5 Å². The highest BCUT2D eigenvalue weighted by Gasteiger charge is 2.38. The van der Waals surface area contributed by atoms with E-state index >= 15 is 0 Å². The molecule has 1 amide bonds. The summed E-state index contributed by atoms with van der Waals surface area (Å²) >= 11 is 4.16. The number of pyridine rings is 1. The Balaban J connectivity index is 2.07. The molecule has 1 aliphatic rings. The van der Waals surface area contributed by atoms with Gasteiger partial charge in [-0.1, -0.05) is 32.9 Å². The second-order valence-electron chi connectivity index (χ2n) is 8.82. The Hall–Kier alpha value is -2.81. The number of aromatic nitrogens is 1. The van der Waals surface area contributed by atoms with Crippen molar-refractivity contribution < 1.29 is 23.1 Å². The van der Waals surface area contributed by atoms with Gasteiger partial charge in [-0.25, -0.2) is 0 Å². The van der Waals surface area contributed by atoms with Crippen LogP contribution in [0.2, 0.25) is 0 Å². The summed E-state index contributed by atoms with van der Waals surface area (Å²) in [6, 6.07) is 8.50. The average Bonchev–Trinajstić information content (AvgIpc) is 2.81. The van der Waals surface area contributed by atoms with Crippen molar-refractivity contribution in [3.63, 3.8) is 0 Å². The molecule has 0 fully saturated rings. The number of aliphatic imine (C=N–C) groups is 1. The Kier molecular flexibility index (Phi) is 8.64. The van der Waals surface area contributed by atoms with Gasteiger partial charge >= 0.3 is 6.18 Å². The highest BCUT2D eigenvalue weighted by molar-refractivity contribution is 7.84. The first-order valence-electron chi connectivity index (χ1n) is 11.6. The van der Waals surface area contributed by atoms with Gasteiger partial charge in [0.1, 0.15) is 5.75 Å². The van der Waals surface area contributed by atoms with Crippen LogP contribution in [-0.2, 0) is 11.2 Å². The first-order valence-corrected chi connectivity index (χ1v) is 12.1. The fraction of sp³-hybridized carbons (Fsp3) is 0.423. The molecule has 2 aromatic rings. The maximum atomic E-state index is 13.9. The van der Waals surface area contributed by atoms with E-state index in [1.807, 2.05) is 13.8 Å². The van der Waals surface area contributed by atoms with Crippen molar-refractivity contribution in [2.24, 2.45) is 4.99 Å². The molecule has 0 radical (unpaired) electrons. The monoisotopic (exact) mass is 505 g/mol. The maximum Gasteiger partial charge on any atom is 0.434 e. The molecule has 35 heavy (non-hydrogen) atoms. The van der Waals surface area contributed by atoms with E-state index in [-0.39, 0.29) is 22.5 Å². The molecule has 1 N–H and O–H groups in total. The van der Waals surface area contributed by atoms with Gasteiger partial charge < -0.3 is 10.0 Å². The molecule has 9 heteroatoms. The number of thiol groups is 1. The van der Waals surface area contributed by atoms with E-state index in [2.05, 4.69) is 22.6 Å². The van der Waals surface area contributed by atoms with Crippen molar-refractivity contribution in [1.82, 2.24) is 4.98 Å². The fourth-order valence-corrected chi connectivity index (χ4v) is 4.51. The number of alkyl halides is 3. The fourth-order valence-electron chi connectivity index (χ4n) is 4.19. The number of carbonyl (C=O) groups excluding carboxylic acids is 1.